The molecule has 0 saturated heterocycles. The molecule has 0 atom stereocenters. The van der Waals surface area contributed by atoms with Gasteiger partial charge in [-0.15, -0.1) is 11.3 Å². The van der Waals surface area contributed by atoms with Crippen LogP contribution in [0.2, 0.25) is 0 Å². The SMILES string of the molecule is COc1cccc(C(=O)c2cc(Br)c(Br)s2)c1. The number of carbonyl (C=O) groups excluding carboxylic acids is 1. The van der Waals surface area contributed by atoms with Gasteiger partial charge in [0.2, 0.25) is 5.78 Å². The van der Waals surface area contributed by atoms with E-state index in [4.69, 9.17) is 4.74 Å². The molecule has 17 heavy (non-hydrogen) atoms. The van der Waals surface area contributed by atoms with Gasteiger partial charge in [-0.3, -0.25) is 4.79 Å². The molecule has 1 heterocycles. The fourth-order valence-corrected chi connectivity index (χ4v) is 3.36. The molecular weight excluding hydrogens is 368 g/mol. The molecule has 0 fully saturated rings. The first kappa shape index (κ1) is 12.8. The summed E-state index contributed by atoms with van der Waals surface area (Å²) < 4.78 is 6.92. The maximum Gasteiger partial charge on any atom is 0.203 e. The molecule has 0 radical (unpaired) electrons. The Labute approximate surface area is 120 Å². The van der Waals surface area contributed by atoms with E-state index in [9.17, 15) is 4.79 Å². The van der Waals surface area contributed by atoms with E-state index in [1.54, 1.807) is 19.2 Å². The Hall–Kier alpha value is -0.650. The lowest BCUT2D eigenvalue weighted by Gasteiger charge is -2.02. The highest BCUT2D eigenvalue weighted by atomic mass is 79.9. The van der Waals surface area contributed by atoms with Crippen molar-refractivity contribution in [1.82, 2.24) is 0 Å². The van der Waals surface area contributed by atoms with Crippen LogP contribution in [0.3, 0.4) is 0 Å². The van der Waals surface area contributed by atoms with Crippen molar-refractivity contribution in [2.24, 2.45) is 0 Å². The third kappa shape index (κ3) is 2.78. The Kier molecular flexibility index (Phi) is 4.01. The van der Waals surface area contributed by atoms with Gasteiger partial charge >= 0.3 is 0 Å². The third-order valence-corrected chi connectivity index (χ3v) is 5.46. The Morgan fingerprint density at radius 1 is 1.29 bits per heavy atom. The zero-order valence-corrected chi connectivity index (χ0v) is 12.9. The molecular formula is C12H8Br2O2S. The number of benzene rings is 1. The Balaban J connectivity index is 2.36. The van der Waals surface area contributed by atoms with Gasteiger partial charge in [0.1, 0.15) is 5.75 Å². The second-order valence-electron chi connectivity index (χ2n) is 3.29. The topological polar surface area (TPSA) is 26.3 Å². The van der Waals surface area contributed by atoms with Gasteiger partial charge in [-0.25, -0.2) is 0 Å². The minimum absolute atomic E-state index is 0.000278. The summed E-state index contributed by atoms with van der Waals surface area (Å²) in [5.74, 6) is 0.686. The van der Waals surface area contributed by atoms with Crippen molar-refractivity contribution in [1.29, 1.82) is 0 Å². The van der Waals surface area contributed by atoms with Gasteiger partial charge in [-0.2, -0.15) is 0 Å². The molecule has 0 bridgehead atoms. The van der Waals surface area contributed by atoms with Gasteiger partial charge in [0, 0.05) is 10.0 Å². The van der Waals surface area contributed by atoms with Crippen molar-refractivity contribution in [3.63, 3.8) is 0 Å². The molecule has 1 aromatic heterocycles. The summed E-state index contributed by atoms with van der Waals surface area (Å²) >= 11 is 8.16. The summed E-state index contributed by atoms with van der Waals surface area (Å²) in [4.78, 5) is 12.9. The molecule has 5 heteroatoms. The number of ether oxygens (including phenoxy) is 1. The van der Waals surface area contributed by atoms with Crippen LogP contribution in [0, 0.1) is 0 Å². The monoisotopic (exact) mass is 374 g/mol. The quantitative estimate of drug-likeness (QED) is 0.737. The van der Waals surface area contributed by atoms with Crippen molar-refractivity contribution in [3.8, 4) is 5.75 Å². The lowest BCUT2D eigenvalue weighted by atomic mass is 10.1. The fraction of sp³-hybridized carbons (Fsp3) is 0.0833. The van der Waals surface area contributed by atoms with Crippen LogP contribution in [-0.2, 0) is 0 Å². The van der Waals surface area contributed by atoms with Gasteiger partial charge in [0.15, 0.2) is 0 Å². The maximum absolute atomic E-state index is 12.2. The van der Waals surface area contributed by atoms with Gasteiger partial charge in [-0.1, -0.05) is 12.1 Å². The molecule has 0 aliphatic rings. The van der Waals surface area contributed by atoms with E-state index >= 15 is 0 Å². The molecule has 0 amide bonds. The zero-order chi connectivity index (χ0) is 12.4. The number of carbonyl (C=O) groups is 1. The van der Waals surface area contributed by atoms with E-state index in [0.29, 0.717) is 16.2 Å². The molecule has 0 N–H and O–H groups in total. The standard InChI is InChI=1S/C12H8Br2O2S/c1-16-8-4-2-3-7(5-8)11(15)10-6-9(13)12(14)17-10/h2-6H,1H3. The zero-order valence-electron chi connectivity index (χ0n) is 8.87. The molecule has 0 spiro atoms. The van der Waals surface area contributed by atoms with Crippen LogP contribution in [0.1, 0.15) is 15.2 Å². The molecule has 0 saturated carbocycles. The normalized spacial score (nSPS) is 10.3. The van der Waals surface area contributed by atoms with E-state index in [-0.39, 0.29) is 5.78 Å². The molecule has 0 aliphatic heterocycles. The number of methoxy groups -OCH3 is 1. The number of hydrogen-bond donors (Lipinski definition) is 0. The minimum Gasteiger partial charge on any atom is -0.497 e. The maximum atomic E-state index is 12.2. The fourth-order valence-electron chi connectivity index (χ4n) is 1.37. The number of rotatable bonds is 3. The van der Waals surface area contributed by atoms with Crippen molar-refractivity contribution >= 4 is 49.0 Å². The van der Waals surface area contributed by atoms with Crippen LogP contribution in [-0.4, -0.2) is 12.9 Å². The van der Waals surface area contributed by atoms with Gasteiger partial charge < -0.3 is 4.74 Å². The number of thiophene rings is 1. The second-order valence-corrected chi connectivity index (χ2v) is 6.52. The Morgan fingerprint density at radius 3 is 2.65 bits per heavy atom. The Bertz CT molecular complexity index is 544. The predicted molar refractivity (Wildman–Crippen MR) is 76.1 cm³/mol. The first-order valence-electron chi connectivity index (χ1n) is 4.75. The van der Waals surface area contributed by atoms with E-state index in [1.807, 2.05) is 18.2 Å². The molecule has 0 aliphatic carbocycles. The van der Waals surface area contributed by atoms with E-state index in [2.05, 4.69) is 31.9 Å². The highest BCUT2D eigenvalue weighted by molar-refractivity contribution is 9.13. The number of halogens is 2. The van der Waals surface area contributed by atoms with Crippen molar-refractivity contribution < 1.29 is 9.53 Å². The summed E-state index contributed by atoms with van der Waals surface area (Å²) in [6.07, 6.45) is 0. The molecule has 2 aromatic rings. The van der Waals surface area contributed by atoms with Crippen molar-refractivity contribution in [3.05, 3.63) is 49.0 Å². The molecule has 88 valence electrons. The first-order valence-corrected chi connectivity index (χ1v) is 7.15. The predicted octanol–water partition coefficient (Wildman–Crippen LogP) is 4.51. The highest BCUT2D eigenvalue weighted by Crippen LogP contribution is 2.33. The third-order valence-electron chi connectivity index (χ3n) is 2.20. The molecule has 2 nitrogen and oxygen atoms in total. The first-order chi connectivity index (χ1) is 8.11. The van der Waals surface area contributed by atoms with Gasteiger partial charge in [0.25, 0.3) is 0 Å². The van der Waals surface area contributed by atoms with Crippen LogP contribution >= 0.6 is 43.2 Å². The summed E-state index contributed by atoms with van der Waals surface area (Å²) in [5.41, 5.74) is 0.630. The lowest BCUT2D eigenvalue weighted by Crippen LogP contribution is -1.98. The van der Waals surface area contributed by atoms with Crippen LogP contribution in [0.4, 0.5) is 0 Å². The van der Waals surface area contributed by atoms with Crippen LogP contribution in [0.15, 0.2) is 38.6 Å². The molecule has 2 rings (SSSR count). The van der Waals surface area contributed by atoms with E-state index < -0.39 is 0 Å². The number of hydrogen-bond acceptors (Lipinski definition) is 3. The second kappa shape index (κ2) is 5.33. The Morgan fingerprint density at radius 2 is 2.06 bits per heavy atom. The van der Waals surface area contributed by atoms with Crippen LogP contribution < -0.4 is 4.74 Å². The summed E-state index contributed by atoms with van der Waals surface area (Å²) in [7, 11) is 1.59. The van der Waals surface area contributed by atoms with E-state index in [0.717, 1.165) is 8.26 Å². The van der Waals surface area contributed by atoms with Crippen LogP contribution in [0.5, 0.6) is 5.75 Å². The van der Waals surface area contributed by atoms with Crippen molar-refractivity contribution in [2.45, 2.75) is 0 Å². The summed E-state index contributed by atoms with van der Waals surface area (Å²) in [6, 6.07) is 8.97. The average Bonchev–Trinajstić information content (AvgIpc) is 2.69. The van der Waals surface area contributed by atoms with E-state index in [1.165, 1.54) is 11.3 Å². The average molecular weight is 376 g/mol. The van der Waals surface area contributed by atoms with Gasteiger partial charge in [-0.05, 0) is 50.1 Å². The largest absolute Gasteiger partial charge is 0.497 e. The summed E-state index contributed by atoms with van der Waals surface area (Å²) in [5, 5.41) is 0. The molecule has 0 unspecified atom stereocenters. The van der Waals surface area contributed by atoms with Crippen LogP contribution in [0.25, 0.3) is 0 Å². The summed E-state index contributed by atoms with van der Waals surface area (Å²) in [6.45, 7) is 0. The van der Waals surface area contributed by atoms with Crippen molar-refractivity contribution in [2.75, 3.05) is 7.11 Å². The van der Waals surface area contributed by atoms with Gasteiger partial charge in [0.05, 0.1) is 15.8 Å². The highest BCUT2D eigenvalue weighted by Gasteiger charge is 2.14. The number of ketones is 1. The smallest absolute Gasteiger partial charge is 0.203 e. The lowest BCUT2D eigenvalue weighted by molar-refractivity contribution is 0.104. The minimum atomic E-state index is 0.000278. The molecule has 1 aromatic carbocycles.